The van der Waals surface area contributed by atoms with Crippen molar-refractivity contribution in [3.8, 4) is 0 Å². The maximum Gasteiger partial charge on any atom is 0.241 e. The van der Waals surface area contributed by atoms with Crippen LogP contribution in [-0.2, 0) is 4.79 Å². The van der Waals surface area contributed by atoms with Gasteiger partial charge < -0.3 is 10.2 Å². The summed E-state index contributed by atoms with van der Waals surface area (Å²) in [6.45, 7) is 5.66. The van der Waals surface area contributed by atoms with Crippen molar-refractivity contribution in [2.45, 2.75) is 13.0 Å². The molecule has 5 heteroatoms. The molecule has 0 bridgehead atoms. The van der Waals surface area contributed by atoms with Gasteiger partial charge in [0.1, 0.15) is 5.82 Å². The highest BCUT2D eigenvalue weighted by Gasteiger charge is 2.24. The lowest BCUT2D eigenvalue weighted by Gasteiger charge is -2.35. The SMILES string of the molecule is CC(C(=O)Nc1ccc(F)cc1)N1CCN(C)CC1. The largest absolute Gasteiger partial charge is 0.325 e. The molecule has 1 aliphatic heterocycles. The molecule has 1 aromatic rings. The third-order valence-electron chi connectivity index (χ3n) is 3.58. The summed E-state index contributed by atoms with van der Waals surface area (Å²) in [5.41, 5.74) is 0.632. The van der Waals surface area contributed by atoms with Crippen molar-refractivity contribution in [1.29, 1.82) is 0 Å². The molecule has 0 saturated carbocycles. The Morgan fingerprint density at radius 3 is 2.37 bits per heavy atom. The molecule has 1 amide bonds. The van der Waals surface area contributed by atoms with Gasteiger partial charge in [-0.25, -0.2) is 4.39 Å². The highest BCUT2D eigenvalue weighted by atomic mass is 19.1. The Labute approximate surface area is 113 Å². The van der Waals surface area contributed by atoms with Crippen LogP contribution in [0.4, 0.5) is 10.1 Å². The maximum absolute atomic E-state index is 12.8. The van der Waals surface area contributed by atoms with E-state index in [1.54, 1.807) is 12.1 Å². The summed E-state index contributed by atoms with van der Waals surface area (Å²) in [5.74, 6) is -0.346. The molecule has 1 fully saturated rings. The summed E-state index contributed by atoms with van der Waals surface area (Å²) in [6.07, 6.45) is 0. The summed E-state index contributed by atoms with van der Waals surface area (Å²) >= 11 is 0. The molecule has 1 saturated heterocycles. The molecule has 0 aromatic heterocycles. The molecule has 2 rings (SSSR count). The number of nitrogens with zero attached hydrogens (tertiary/aromatic N) is 2. The zero-order valence-corrected chi connectivity index (χ0v) is 11.4. The Morgan fingerprint density at radius 2 is 1.79 bits per heavy atom. The number of halogens is 1. The number of benzene rings is 1. The van der Waals surface area contributed by atoms with Crippen LogP contribution in [0.5, 0.6) is 0 Å². The molecule has 1 N–H and O–H groups in total. The molecule has 4 nitrogen and oxygen atoms in total. The highest BCUT2D eigenvalue weighted by molar-refractivity contribution is 5.94. The second kappa shape index (κ2) is 6.12. The van der Waals surface area contributed by atoms with Gasteiger partial charge in [0.15, 0.2) is 0 Å². The van der Waals surface area contributed by atoms with Crippen LogP contribution in [0.1, 0.15) is 6.92 Å². The second-order valence-corrected chi connectivity index (χ2v) is 5.01. The average molecular weight is 265 g/mol. The number of carbonyl (C=O) groups excluding carboxylic acids is 1. The lowest BCUT2D eigenvalue weighted by atomic mass is 10.2. The fourth-order valence-corrected chi connectivity index (χ4v) is 2.15. The molecule has 1 heterocycles. The fourth-order valence-electron chi connectivity index (χ4n) is 2.15. The standard InChI is InChI=1S/C14H20FN3O/c1-11(18-9-7-17(2)8-10-18)14(19)16-13-5-3-12(15)4-6-13/h3-6,11H,7-10H2,1-2H3,(H,16,19). The predicted molar refractivity (Wildman–Crippen MR) is 73.6 cm³/mol. The van der Waals surface area contributed by atoms with Gasteiger partial charge in [0.2, 0.25) is 5.91 Å². The molecular formula is C14H20FN3O. The lowest BCUT2D eigenvalue weighted by Crippen LogP contribution is -2.51. The van der Waals surface area contributed by atoms with E-state index in [2.05, 4.69) is 22.2 Å². The van der Waals surface area contributed by atoms with Crippen LogP contribution in [0.15, 0.2) is 24.3 Å². The summed E-state index contributed by atoms with van der Waals surface area (Å²) in [5, 5.41) is 2.82. The zero-order chi connectivity index (χ0) is 13.8. The Hall–Kier alpha value is -1.46. The van der Waals surface area contributed by atoms with Gasteiger partial charge in [0.05, 0.1) is 6.04 Å². The molecule has 104 valence electrons. The lowest BCUT2D eigenvalue weighted by molar-refractivity contribution is -0.121. The molecule has 0 radical (unpaired) electrons. The zero-order valence-electron chi connectivity index (χ0n) is 11.4. The quantitative estimate of drug-likeness (QED) is 0.897. The Morgan fingerprint density at radius 1 is 1.21 bits per heavy atom. The maximum atomic E-state index is 12.8. The van der Waals surface area contributed by atoms with Crippen LogP contribution >= 0.6 is 0 Å². The molecular weight excluding hydrogens is 245 g/mol. The van der Waals surface area contributed by atoms with Crippen LogP contribution in [0.25, 0.3) is 0 Å². The molecule has 19 heavy (non-hydrogen) atoms. The van der Waals surface area contributed by atoms with Gasteiger partial charge in [-0.1, -0.05) is 0 Å². The van der Waals surface area contributed by atoms with Gasteiger partial charge in [-0.05, 0) is 38.2 Å². The Bertz CT molecular complexity index is 427. The molecule has 0 spiro atoms. The van der Waals surface area contributed by atoms with E-state index < -0.39 is 0 Å². The highest BCUT2D eigenvalue weighted by Crippen LogP contribution is 2.11. The number of nitrogens with one attached hydrogen (secondary N) is 1. The number of hydrogen-bond donors (Lipinski definition) is 1. The van der Waals surface area contributed by atoms with Crippen molar-refractivity contribution >= 4 is 11.6 Å². The third-order valence-corrected chi connectivity index (χ3v) is 3.58. The Balaban J connectivity index is 1.90. The summed E-state index contributed by atoms with van der Waals surface area (Å²) < 4.78 is 12.8. The van der Waals surface area contributed by atoms with Crippen LogP contribution < -0.4 is 5.32 Å². The summed E-state index contributed by atoms with van der Waals surface area (Å²) in [4.78, 5) is 16.5. The number of likely N-dealkylation sites (N-methyl/N-ethyl adjacent to an activating group) is 1. The van der Waals surface area contributed by atoms with Crippen molar-refractivity contribution in [1.82, 2.24) is 9.80 Å². The fraction of sp³-hybridized carbons (Fsp3) is 0.500. The first-order valence-electron chi connectivity index (χ1n) is 6.55. The molecule has 1 aliphatic rings. The first kappa shape index (κ1) is 14.0. The minimum atomic E-state index is -0.301. The minimum absolute atomic E-state index is 0.0452. The predicted octanol–water partition coefficient (Wildman–Crippen LogP) is 1.40. The van der Waals surface area contributed by atoms with Gasteiger partial charge in [-0.3, -0.25) is 9.69 Å². The van der Waals surface area contributed by atoms with E-state index in [0.717, 1.165) is 26.2 Å². The number of hydrogen-bond acceptors (Lipinski definition) is 3. The number of carbonyl (C=O) groups is 1. The van der Waals surface area contributed by atoms with Crippen molar-refractivity contribution in [2.75, 3.05) is 38.5 Å². The van der Waals surface area contributed by atoms with Crippen LogP contribution in [0, 0.1) is 5.82 Å². The monoisotopic (exact) mass is 265 g/mol. The number of anilines is 1. The minimum Gasteiger partial charge on any atom is -0.325 e. The normalized spacial score (nSPS) is 19.1. The number of piperazine rings is 1. The number of rotatable bonds is 3. The topological polar surface area (TPSA) is 35.6 Å². The summed E-state index contributed by atoms with van der Waals surface area (Å²) in [7, 11) is 2.08. The Kier molecular flexibility index (Phi) is 4.50. The first-order chi connectivity index (χ1) is 9.06. The molecule has 0 aliphatic carbocycles. The van der Waals surface area contributed by atoms with Gasteiger partial charge in [-0.2, -0.15) is 0 Å². The molecule has 1 unspecified atom stereocenters. The van der Waals surface area contributed by atoms with E-state index in [1.807, 2.05) is 6.92 Å². The van der Waals surface area contributed by atoms with Crippen LogP contribution in [-0.4, -0.2) is 55.0 Å². The molecule has 1 atom stereocenters. The second-order valence-electron chi connectivity index (χ2n) is 5.01. The van der Waals surface area contributed by atoms with E-state index in [9.17, 15) is 9.18 Å². The number of amides is 1. The van der Waals surface area contributed by atoms with E-state index >= 15 is 0 Å². The third kappa shape index (κ3) is 3.75. The van der Waals surface area contributed by atoms with Crippen LogP contribution in [0.3, 0.4) is 0 Å². The van der Waals surface area contributed by atoms with Crippen molar-refractivity contribution in [2.24, 2.45) is 0 Å². The molecule has 1 aromatic carbocycles. The van der Waals surface area contributed by atoms with Gasteiger partial charge in [0.25, 0.3) is 0 Å². The van der Waals surface area contributed by atoms with Crippen molar-refractivity contribution < 1.29 is 9.18 Å². The van der Waals surface area contributed by atoms with Gasteiger partial charge >= 0.3 is 0 Å². The summed E-state index contributed by atoms with van der Waals surface area (Å²) in [6, 6.07) is 5.67. The van der Waals surface area contributed by atoms with Gasteiger partial charge in [0, 0.05) is 31.9 Å². The van der Waals surface area contributed by atoms with Crippen molar-refractivity contribution in [3.63, 3.8) is 0 Å². The van der Waals surface area contributed by atoms with E-state index in [4.69, 9.17) is 0 Å². The first-order valence-corrected chi connectivity index (χ1v) is 6.55. The van der Waals surface area contributed by atoms with E-state index in [1.165, 1.54) is 12.1 Å². The smallest absolute Gasteiger partial charge is 0.241 e. The van der Waals surface area contributed by atoms with Crippen LogP contribution in [0.2, 0.25) is 0 Å². The van der Waals surface area contributed by atoms with E-state index in [-0.39, 0.29) is 17.8 Å². The average Bonchev–Trinajstić information content (AvgIpc) is 2.41. The van der Waals surface area contributed by atoms with Gasteiger partial charge in [-0.15, -0.1) is 0 Å². The van der Waals surface area contributed by atoms with Crippen molar-refractivity contribution in [3.05, 3.63) is 30.1 Å². The van der Waals surface area contributed by atoms with E-state index in [0.29, 0.717) is 5.69 Å².